The molecule has 0 aliphatic carbocycles. The summed E-state index contributed by atoms with van der Waals surface area (Å²) >= 11 is 13.6. The fourth-order valence-electron chi connectivity index (χ4n) is 1.02. The molecule has 1 aromatic rings. The molecule has 1 aromatic carbocycles. The van der Waals surface area contributed by atoms with Crippen LogP contribution in [-0.4, -0.2) is 5.75 Å². The lowest BCUT2D eigenvalue weighted by Crippen LogP contribution is -1.82. The molecular formula is C9H10Cl2S. The van der Waals surface area contributed by atoms with E-state index >= 15 is 0 Å². The van der Waals surface area contributed by atoms with Crippen LogP contribution in [0.5, 0.6) is 0 Å². The van der Waals surface area contributed by atoms with E-state index in [9.17, 15) is 0 Å². The molecule has 0 unspecified atom stereocenters. The number of aryl methyl sites for hydroxylation is 1. The lowest BCUT2D eigenvalue weighted by atomic mass is 10.2. The first-order chi connectivity index (χ1) is 5.65. The molecule has 0 atom stereocenters. The first-order valence-corrected chi connectivity index (χ1v) is 5.47. The van der Waals surface area contributed by atoms with E-state index < -0.39 is 0 Å². The molecule has 0 amide bonds. The SMILES string of the molecule is CCSc1c(C)cc(Cl)cc1Cl. The van der Waals surface area contributed by atoms with Crippen molar-refractivity contribution in [2.45, 2.75) is 18.7 Å². The van der Waals surface area contributed by atoms with Crippen LogP contribution in [0.3, 0.4) is 0 Å². The topological polar surface area (TPSA) is 0 Å². The van der Waals surface area contributed by atoms with Gasteiger partial charge in [-0.1, -0.05) is 30.1 Å². The summed E-state index contributed by atoms with van der Waals surface area (Å²) in [6.45, 7) is 4.13. The van der Waals surface area contributed by atoms with Crippen molar-refractivity contribution in [1.82, 2.24) is 0 Å². The lowest BCUT2D eigenvalue weighted by Gasteiger charge is -2.06. The number of hydrogen-bond acceptors (Lipinski definition) is 1. The Bertz CT molecular complexity index is 261. The van der Waals surface area contributed by atoms with Gasteiger partial charge in [0.2, 0.25) is 0 Å². The first-order valence-electron chi connectivity index (χ1n) is 3.73. The molecule has 66 valence electrons. The van der Waals surface area contributed by atoms with Gasteiger partial charge in [-0.2, -0.15) is 0 Å². The summed E-state index contributed by atoms with van der Waals surface area (Å²) in [5.41, 5.74) is 1.15. The molecule has 0 spiro atoms. The Kier molecular flexibility index (Phi) is 3.76. The van der Waals surface area contributed by atoms with Crippen LogP contribution in [-0.2, 0) is 0 Å². The predicted octanol–water partition coefficient (Wildman–Crippen LogP) is 4.41. The van der Waals surface area contributed by atoms with Crippen molar-refractivity contribution < 1.29 is 0 Å². The first kappa shape index (κ1) is 10.2. The van der Waals surface area contributed by atoms with Crippen molar-refractivity contribution in [2.75, 3.05) is 5.75 Å². The number of benzene rings is 1. The van der Waals surface area contributed by atoms with Gasteiger partial charge in [0.25, 0.3) is 0 Å². The third kappa shape index (κ3) is 2.32. The summed E-state index contributed by atoms with van der Waals surface area (Å²) in [5, 5.41) is 1.46. The van der Waals surface area contributed by atoms with E-state index in [0.717, 1.165) is 21.2 Å². The molecule has 0 aromatic heterocycles. The second kappa shape index (κ2) is 4.40. The van der Waals surface area contributed by atoms with Crippen LogP contribution < -0.4 is 0 Å². The Morgan fingerprint density at radius 2 is 2.00 bits per heavy atom. The quantitative estimate of drug-likeness (QED) is 0.666. The Hall–Kier alpha value is 0.150. The number of thioether (sulfide) groups is 1. The fraction of sp³-hybridized carbons (Fsp3) is 0.333. The van der Waals surface area contributed by atoms with Crippen LogP contribution in [0.2, 0.25) is 10.0 Å². The van der Waals surface area contributed by atoms with Crippen LogP contribution in [0.25, 0.3) is 0 Å². The molecule has 12 heavy (non-hydrogen) atoms. The van der Waals surface area contributed by atoms with E-state index in [0.29, 0.717) is 5.02 Å². The molecule has 0 N–H and O–H groups in total. The average Bonchev–Trinajstić information content (AvgIpc) is 1.96. The van der Waals surface area contributed by atoms with Gasteiger partial charge in [-0.25, -0.2) is 0 Å². The van der Waals surface area contributed by atoms with Crippen LogP contribution in [0, 0.1) is 6.92 Å². The molecule has 0 saturated heterocycles. The summed E-state index contributed by atoms with van der Waals surface area (Å²) in [5.74, 6) is 1.03. The number of halogens is 2. The maximum absolute atomic E-state index is 6.01. The zero-order valence-corrected chi connectivity index (χ0v) is 9.35. The summed E-state index contributed by atoms with van der Waals surface area (Å²) < 4.78 is 0. The predicted molar refractivity (Wildman–Crippen MR) is 57.6 cm³/mol. The van der Waals surface area contributed by atoms with Crippen molar-refractivity contribution in [3.05, 3.63) is 27.7 Å². The van der Waals surface area contributed by atoms with Crippen molar-refractivity contribution in [1.29, 1.82) is 0 Å². The van der Waals surface area contributed by atoms with E-state index in [1.807, 2.05) is 13.0 Å². The average molecular weight is 221 g/mol. The van der Waals surface area contributed by atoms with Crippen molar-refractivity contribution in [3.8, 4) is 0 Å². The summed E-state index contributed by atoms with van der Waals surface area (Å²) in [6.07, 6.45) is 0. The number of rotatable bonds is 2. The normalized spacial score (nSPS) is 10.3. The summed E-state index contributed by atoms with van der Waals surface area (Å²) in [7, 11) is 0. The zero-order chi connectivity index (χ0) is 9.14. The van der Waals surface area contributed by atoms with Gasteiger partial charge in [0, 0.05) is 9.92 Å². The summed E-state index contributed by atoms with van der Waals surface area (Å²) in [6, 6.07) is 3.72. The Morgan fingerprint density at radius 3 is 2.50 bits per heavy atom. The minimum atomic E-state index is 0.706. The lowest BCUT2D eigenvalue weighted by molar-refractivity contribution is 1.30. The minimum Gasteiger partial charge on any atom is -0.125 e. The Balaban J connectivity index is 3.10. The standard InChI is InChI=1S/C9H10Cl2S/c1-3-12-9-6(2)4-7(10)5-8(9)11/h4-5H,3H2,1-2H3. The molecular weight excluding hydrogens is 211 g/mol. The van der Waals surface area contributed by atoms with Gasteiger partial charge >= 0.3 is 0 Å². The maximum Gasteiger partial charge on any atom is 0.0559 e. The molecule has 0 aliphatic heterocycles. The third-order valence-electron chi connectivity index (χ3n) is 1.48. The molecule has 0 aliphatic rings. The Morgan fingerprint density at radius 1 is 1.33 bits per heavy atom. The second-order valence-corrected chi connectivity index (χ2v) is 4.58. The van der Waals surface area contributed by atoms with Crippen molar-refractivity contribution in [2.24, 2.45) is 0 Å². The highest BCUT2D eigenvalue weighted by Gasteiger charge is 2.04. The van der Waals surface area contributed by atoms with E-state index in [4.69, 9.17) is 23.2 Å². The van der Waals surface area contributed by atoms with E-state index in [-0.39, 0.29) is 0 Å². The van der Waals surface area contributed by atoms with Gasteiger partial charge in [0.1, 0.15) is 0 Å². The monoisotopic (exact) mass is 220 g/mol. The third-order valence-corrected chi connectivity index (χ3v) is 3.23. The minimum absolute atomic E-state index is 0.706. The molecule has 0 saturated carbocycles. The maximum atomic E-state index is 6.01. The highest BCUT2D eigenvalue weighted by molar-refractivity contribution is 7.99. The van der Waals surface area contributed by atoms with Crippen molar-refractivity contribution in [3.63, 3.8) is 0 Å². The van der Waals surface area contributed by atoms with Gasteiger partial charge in [0.05, 0.1) is 5.02 Å². The smallest absolute Gasteiger partial charge is 0.0559 e. The van der Waals surface area contributed by atoms with Crippen LogP contribution in [0.4, 0.5) is 0 Å². The van der Waals surface area contributed by atoms with Gasteiger partial charge in [0.15, 0.2) is 0 Å². The molecule has 0 heterocycles. The van der Waals surface area contributed by atoms with E-state index in [1.165, 1.54) is 0 Å². The molecule has 0 bridgehead atoms. The molecule has 0 fully saturated rings. The van der Waals surface area contributed by atoms with E-state index in [2.05, 4.69) is 6.92 Å². The van der Waals surface area contributed by atoms with Crippen molar-refractivity contribution >= 4 is 35.0 Å². The summed E-state index contributed by atoms with van der Waals surface area (Å²) in [4.78, 5) is 1.14. The van der Waals surface area contributed by atoms with Gasteiger partial charge in [-0.3, -0.25) is 0 Å². The highest BCUT2D eigenvalue weighted by atomic mass is 35.5. The number of hydrogen-bond donors (Lipinski definition) is 0. The molecule has 0 nitrogen and oxygen atoms in total. The zero-order valence-electron chi connectivity index (χ0n) is 7.03. The van der Waals surface area contributed by atoms with Gasteiger partial charge in [-0.15, -0.1) is 11.8 Å². The van der Waals surface area contributed by atoms with Crippen LogP contribution >= 0.6 is 35.0 Å². The highest BCUT2D eigenvalue weighted by Crippen LogP contribution is 2.32. The van der Waals surface area contributed by atoms with Crippen LogP contribution in [0.15, 0.2) is 17.0 Å². The van der Waals surface area contributed by atoms with Crippen LogP contribution in [0.1, 0.15) is 12.5 Å². The fourth-order valence-corrected chi connectivity index (χ4v) is 2.55. The molecule has 3 heteroatoms. The van der Waals surface area contributed by atoms with Gasteiger partial charge in [-0.05, 0) is 30.4 Å². The van der Waals surface area contributed by atoms with Gasteiger partial charge < -0.3 is 0 Å². The molecule has 0 radical (unpaired) electrons. The Labute approximate surface area is 87.3 Å². The molecule has 1 rings (SSSR count). The second-order valence-electron chi connectivity index (χ2n) is 2.47. The largest absolute Gasteiger partial charge is 0.125 e. The van der Waals surface area contributed by atoms with E-state index in [1.54, 1.807) is 17.8 Å².